The molecule has 0 aliphatic heterocycles. The van der Waals surface area contributed by atoms with Gasteiger partial charge in [0.2, 0.25) is 0 Å². The number of rotatable bonds is 5. The standard InChI is InChI=1S/C26H24N6O2/c1-3-7-22(33)31(2)18-14-19(15-18)32-26-23(25(27)28-16-29-26)24(30-32)17-10-12-21(13-11-17)34-20-8-5-4-6-9-20/h4-6,8-13,16,18-19H,14-15H2,1-2H3,(H2,27,28,29)/t18-,19+. The van der Waals surface area contributed by atoms with Crippen molar-refractivity contribution in [2.75, 3.05) is 12.8 Å². The zero-order valence-electron chi connectivity index (χ0n) is 19.0. The van der Waals surface area contributed by atoms with Crippen LogP contribution >= 0.6 is 0 Å². The summed E-state index contributed by atoms with van der Waals surface area (Å²) in [5.41, 5.74) is 8.56. The molecule has 2 aromatic carbocycles. The Balaban J connectivity index is 1.42. The van der Waals surface area contributed by atoms with Gasteiger partial charge in [0, 0.05) is 18.7 Å². The summed E-state index contributed by atoms with van der Waals surface area (Å²) in [7, 11) is 1.79. The van der Waals surface area contributed by atoms with E-state index < -0.39 is 0 Å². The van der Waals surface area contributed by atoms with Crippen molar-refractivity contribution in [1.29, 1.82) is 0 Å². The predicted molar refractivity (Wildman–Crippen MR) is 130 cm³/mol. The second kappa shape index (κ2) is 8.87. The number of aromatic nitrogens is 4. The lowest BCUT2D eigenvalue weighted by molar-refractivity contribution is -0.128. The number of para-hydroxylation sites is 1. The number of benzene rings is 2. The molecule has 1 amide bonds. The number of carbonyl (C=O) groups is 1. The number of nitrogens with zero attached hydrogens (tertiary/aromatic N) is 5. The van der Waals surface area contributed by atoms with E-state index in [1.807, 2.05) is 59.3 Å². The van der Waals surface area contributed by atoms with E-state index in [4.69, 9.17) is 15.6 Å². The van der Waals surface area contributed by atoms with E-state index in [0.717, 1.165) is 41.0 Å². The van der Waals surface area contributed by atoms with Crippen molar-refractivity contribution in [1.82, 2.24) is 24.6 Å². The van der Waals surface area contributed by atoms with Crippen molar-refractivity contribution < 1.29 is 9.53 Å². The zero-order chi connectivity index (χ0) is 23.7. The normalized spacial score (nSPS) is 16.9. The molecule has 8 nitrogen and oxygen atoms in total. The first-order valence-corrected chi connectivity index (χ1v) is 11.1. The molecule has 5 rings (SSSR count). The van der Waals surface area contributed by atoms with E-state index in [-0.39, 0.29) is 18.0 Å². The van der Waals surface area contributed by atoms with Crippen LogP contribution in [-0.2, 0) is 4.79 Å². The van der Waals surface area contributed by atoms with E-state index >= 15 is 0 Å². The van der Waals surface area contributed by atoms with Crippen molar-refractivity contribution >= 4 is 22.8 Å². The van der Waals surface area contributed by atoms with Crippen LogP contribution in [0.1, 0.15) is 25.8 Å². The minimum atomic E-state index is -0.165. The molecule has 8 heteroatoms. The number of nitrogen functional groups attached to an aromatic ring is 1. The van der Waals surface area contributed by atoms with Gasteiger partial charge in [-0.3, -0.25) is 4.79 Å². The van der Waals surface area contributed by atoms with E-state index in [1.165, 1.54) is 6.33 Å². The fourth-order valence-corrected chi connectivity index (χ4v) is 4.19. The van der Waals surface area contributed by atoms with Crippen LogP contribution in [0.2, 0.25) is 0 Å². The molecule has 2 heterocycles. The molecule has 34 heavy (non-hydrogen) atoms. The highest BCUT2D eigenvalue weighted by Gasteiger charge is 2.37. The highest BCUT2D eigenvalue weighted by atomic mass is 16.5. The topological polar surface area (TPSA) is 99.2 Å². The fraction of sp³-hybridized carbons (Fsp3) is 0.231. The van der Waals surface area contributed by atoms with E-state index in [9.17, 15) is 4.79 Å². The van der Waals surface area contributed by atoms with Gasteiger partial charge in [0.25, 0.3) is 5.91 Å². The minimum Gasteiger partial charge on any atom is -0.457 e. The van der Waals surface area contributed by atoms with Crippen LogP contribution < -0.4 is 10.5 Å². The van der Waals surface area contributed by atoms with Crippen molar-refractivity contribution in [2.45, 2.75) is 31.8 Å². The summed E-state index contributed by atoms with van der Waals surface area (Å²) >= 11 is 0. The van der Waals surface area contributed by atoms with Crippen molar-refractivity contribution in [2.24, 2.45) is 0 Å². The lowest BCUT2D eigenvalue weighted by Crippen LogP contribution is -2.46. The highest BCUT2D eigenvalue weighted by molar-refractivity contribution is 5.98. The van der Waals surface area contributed by atoms with Gasteiger partial charge in [-0.05, 0) is 62.1 Å². The summed E-state index contributed by atoms with van der Waals surface area (Å²) in [6.45, 7) is 1.66. The van der Waals surface area contributed by atoms with Crippen LogP contribution in [0.25, 0.3) is 22.3 Å². The van der Waals surface area contributed by atoms with Crippen molar-refractivity contribution in [3.63, 3.8) is 0 Å². The molecular formula is C26H24N6O2. The van der Waals surface area contributed by atoms with Crippen LogP contribution in [0.15, 0.2) is 60.9 Å². The number of fused-ring (bicyclic) bond motifs is 1. The van der Waals surface area contributed by atoms with Gasteiger partial charge in [0.1, 0.15) is 29.3 Å². The molecule has 2 N–H and O–H groups in total. The molecule has 2 aromatic heterocycles. The third kappa shape index (κ3) is 3.92. The molecule has 1 saturated carbocycles. The Morgan fingerprint density at radius 1 is 1.09 bits per heavy atom. The maximum Gasteiger partial charge on any atom is 0.298 e. The van der Waals surface area contributed by atoms with Crippen molar-refractivity contribution in [3.05, 3.63) is 60.9 Å². The third-order valence-electron chi connectivity index (χ3n) is 6.16. The summed E-state index contributed by atoms with van der Waals surface area (Å²) in [5, 5.41) is 5.62. The average molecular weight is 453 g/mol. The molecule has 0 unspecified atom stereocenters. The van der Waals surface area contributed by atoms with Crippen LogP contribution in [0.5, 0.6) is 11.5 Å². The average Bonchev–Trinajstić information content (AvgIpc) is 3.20. The number of carbonyl (C=O) groups excluding carboxylic acids is 1. The Labute approximate surface area is 197 Å². The first-order chi connectivity index (χ1) is 16.5. The Morgan fingerprint density at radius 3 is 2.50 bits per heavy atom. The fourth-order valence-electron chi connectivity index (χ4n) is 4.19. The third-order valence-corrected chi connectivity index (χ3v) is 6.16. The molecular weight excluding hydrogens is 428 g/mol. The van der Waals surface area contributed by atoms with Gasteiger partial charge in [-0.2, -0.15) is 5.10 Å². The van der Waals surface area contributed by atoms with Crippen LogP contribution in [0.4, 0.5) is 5.82 Å². The number of ether oxygens (including phenoxy) is 1. The lowest BCUT2D eigenvalue weighted by Gasteiger charge is -2.40. The Morgan fingerprint density at radius 2 is 1.79 bits per heavy atom. The largest absolute Gasteiger partial charge is 0.457 e. The summed E-state index contributed by atoms with van der Waals surface area (Å²) in [6, 6.07) is 17.6. The molecule has 0 atom stereocenters. The number of hydrogen-bond acceptors (Lipinski definition) is 6. The maximum absolute atomic E-state index is 12.1. The van der Waals surface area contributed by atoms with Gasteiger partial charge >= 0.3 is 0 Å². The Hall–Kier alpha value is -4.38. The molecule has 1 fully saturated rings. The lowest BCUT2D eigenvalue weighted by atomic mass is 9.85. The smallest absolute Gasteiger partial charge is 0.298 e. The first kappa shape index (κ1) is 21.5. The molecule has 0 radical (unpaired) electrons. The SMILES string of the molecule is CC#CC(=O)N(C)[C@H]1C[C@@H](n2nc(-c3ccc(Oc4ccccc4)cc3)c3c(N)ncnc32)C1. The monoisotopic (exact) mass is 452 g/mol. The number of nitrogens with two attached hydrogens (primary N) is 1. The molecule has 1 aliphatic carbocycles. The minimum absolute atomic E-state index is 0.112. The second-order valence-electron chi connectivity index (χ2n) is 8.26. The summed E-state index contributed by atoms with van der Waals surface area (Å²) in [5.74, 6) is 6.99. The van der Waals surface area contributed by atoms with Gasteiger partial charge < -0.3 is 15.4 Å². The van der Waals surface area contributed by atoms with Gasteiger partial charge in [-0.25, -0.2) is 14.6 Å². The molecule has 170 valence electrons. The van der Waals surface area contributed by atoms with Gasteiger partial charge in [0.05, 0.1) is 11.4 Å². The molecule has 0 saturated heterocycles. The first-order valence-electron chi connectivity index (χ1n) is 11.1. The van der Waals surface area contributed by atoms with E-state index in [0.29, 0.717) is 11.5 Å². The molecule has 4 aromatic rings. The van der Waals surface area contributed by atoms with E-state index in [2.05, 4.69) is 21.8 Å². The highest BCUT2D eigenvalue weighted by Crippen LogP contribution is 2.40. The number of hydrogen-bond donors (Lipinski definition) is 1. The maximum atomic E-state index is 12.1. The molecule has 1 aliphatic rings. The zero-order valence-corrected chi connectivity index (χ0v) is 19.0. The number of anilines is 1. The second-order valence-corrected chi connectivity index (χ2v) is 8.26. The Kier molecular flexibility index (Phi) is 5.60. The predicted octanol–water partition coefficient (Wildman–Crippen LogP) is 4.05. The quantitative estimate of drug-likeness (QED) is 0.459. The van der Waals surface area contributed by atoms with Crippen LogP contribution in [0.3, 0.4) is 0 Å². The van der Waals surface area contributed by atoms with Crippen molar-refractivity contribution in [3.8, 4) is 34.6 Å². The van der Waals surface area contributed by atoms with Gasteiger partial charge in [-0.15, -0.1) is 0 Å². The Bertz CT molecular complexity index is 1400. The molecule has 0 spiro atoms. The molecule has 0 bridgehead atoms. The summed E-state index contributed by atoms with van der Waals surface area (Å²) < 4.78 is 7.82. The van der Waals surface area contributed by atoms with Gasteiger partial charge in [0.15, 0.2) is 5.65 Å². The summed E-state index contributed by atoms with van der Waals surface area (Å²) in [4.78, 5) is 22.5. The van der Waals surface area contributed by atoms with Crippen LogP contribution in [-0.4, -0.2) is 43.6 Å². The van der Waals surface area contributed by atoms with Crippen LogP contribution in [0, 0.1) is 11.8 Å². The van der Waals surface area contributed by atoms with Gasteiger partial charge in [-0.1, -0.05) is 24.1 Å². The summed E-state index contributed by atoms with van der Waals surface area (Å²) in [6.07, 6.45) is 3.01. The number of amides is 1. The van der Waals surface area contributed by atoms with E-state index in [1.54, 1.807) is 18.9 Å².